The topological polar surface area (TPSA) is 38.8 Å². The molecule has 0 bridgehead atoms. The molecule has 0 aromatic heterocycles. The van der Waals surface area contributed by atoms with Crippen LogP contribution in [0.1, 0.15) is 54.9 Å². The van der Waals surface area contributed by atoms with Gasteiger partial charge in [0.25, 0.3) is 5.91 Å². The van der Waals surface area contributed by atoms with Gasteiger partial charge in [-0.05, 0) is 49.6 Å². The van der Waals surface area contributed by atoms with Crippen molar-refractivity contribution in [1.82, 2.24) is 4.90 Å². The molecule has 0 saturated carbocycles. The van der Waals surface area contributed by atoms with Gasteiger partial charge >= 0.3 is 0 Å². The average molecular weight is 440 g/mol. The van der Waals surface area contributed by atoms with E-state index in [-0.39, 0.29) is 22.1 Å². The Labute approximate surface area is 182 Å². The van der Waals surface area contributed by atoms with E-state index >= 15 is 0 Å². The summed E-state index contributed by atoms with van der Waals surface area (Å²) in [4.78, 5) is 15.5. The quantitative estimate of drug-likeness (QED) is 0.337. The van der Waals surface area contributed by atoms with Crippen LogP contribution in [-0.4, -0.2) is 51.7 Å². The predicted octanol–water partition coefficient (Wildman–Crippen LogP) is 6.13. The van der Waals surface area contributed by atoms with Crippen molar-refractivity contribution in [2.75, 3.05) is 6.54 Å². The SMILES string of the molecule is C=CCN1C(=O)[C@@H](O[Si](C)(C)C(C)(C)C)[C@H](O[Si](C)(C)C(C)(C)C)[C@]1(C)CC=C. The van der Waals surface area contributed by atoms with Crippen molar-refractivity contribution in [2.45, 2.75) is 109 Å². The third-order valence-electron chi connectivity index (χ3n) is 7.34. The van der Waals surface area contributed by atoms with E-state index in [1.807, 2.05) is 11.0 Å². The van der Waals surface area contributed by atoms with Crippen molar-refractivity contribution in [1.29, 1.82) is 0 Å². The first kappa shape index (κ1) is 26.3. The van der Waals surface area contributed by atoms with Gasteiger partial charge in [-0.1, -0.05) is 53.7 Å². The fraction of sp³-hybridized carbons (Fsp3) is 0.783. The van der Waals surface area contributed by atoms with E-state index in [0.29, 0.717) is 13.0 Å². The van der Waals surface area contributed by atoms with Crippen LogP contribution < -0.4 is 0 Å². The normalized spacial score (nSPS) is 26.7. The first-order valence-electron chi connectivity index (χ1n) is 10.7. The number of amides is 1. The minimum Gasteiger partial charge on any atom is -0.408 e. The Bertz CT molecular complexity index is 631. The lowest BCUT2D eigenvalue weighted by atomic mass is 9.91. The molecule has 1 amide bonds. The Morgan fingerprint density at radius 3 is 1.79 bits per heavy atom. The molecule has 0 aromatic rings. The molecule has 0 aromatic carbocycles. The van der Waals surface area contributed by atoms with Crippen LogP contribution in [0.4, 0.5) is 0 Å². The second-order valence-corrected chi connectivity index (χ2v) is 21.2. The molecule has 0 N–H and O–H groups in total. The molecule has 1 aliphatic heterocycles. The zero-order valence-corrected chi connectivity index (χ0v) is 22.8. The highest BCUT2D eigenvalue weighted by Crippen LogP contribution is 2.46. The largest absolute Gasteiger partial charge is 0.408 e. The summed E-state index contributed by atoms with van der Waals surface area (Å²) in [5.41, 5.74) is -0.504. The molecular formula is C23H45NO3Si2. The highest BCUT2D eigenvalue weighted by atomic mass is 28.4. The summed E-state index contributed by atoms with van der Waals surface area (Å²) >= 11 is 0. The second kappa shape index (κ2) is 8.44. The van der Waals surface area contributed by atoms with Gasteiger partial charge in [-0.15, -0.1) is 13.2 Å². The third-order valence-corrected chi connectivity index (χ3v) is 16.2. The minimum atomic E-state index is -2.18. The molecular weight excluding hydrogens is 394 g/mol. The number of carbonyl (C=O) groups excluding carboxylic acids is 1. The van der Waals surface area contributed by atoms with Gasteiger partial charge < -0.3 is 13.8 Å². The average Bonchev–Trinajstić information content (AvgIpc) is 2.68. The van der Waals surface area contributed by atoms with Crippen LogP contribution in [0.3, 0.4) is 0 Å². The molecule has 6 heteroatoms. The van der Waals surface area contributed by atoms with Crippen LogP contribution >= 0.6 is 0 Å². The maximum atomic E-state index is 13.6. The van der Waals surface area contributed by atoms with Crippen molar-refractivity contribution in [2.24, 2.45) is 0 Å². The summed E-state index contributed by atoms with van der Waals surface area (Å²) in [7, 11) is -4.31. The molecule has 1 rings (SSSR count). The van der Waals surface area contributed by atoms with Crippen LogP contribution in [0.5, 0.6) is 0 Å². The fourth-order valence-corrected chi connectivity index (χ4v) is 5.83. The fourth-order valence-electron chi connectivity index (χ4n) is 3.25. The zero-order valence-electron chi connectivity index (χ0n) is 20.8. The molecule has 0 spiro atoms. The molecule has 1 fully saturated rings. The number of rotatable bonds is 8. The summed E-state index contributed by atoms with van der Waals surface area (Å²) in [5, 5.41) is 0.0496. The van der Waals surface area contributed by atoms with E-state index in [2.05, 4.69) is 87.8 Å². The van der Waals surface area contributed by atoms with Crippen molar-refractivity contribution >= 4 is 22.5 Å². The van der Waals surface area contributed by atoms with Crippen molar-refractivity contribution in [3.05, 3.63) is 25.3 Å². The lowest BCUT2D eigenvalue weighted by Crippen LogP contribution is -2.57. The van der Waals surface area contributed by atoms with Crippen LogP contribution in [0.2, 0.25) is 36.3 Å². The summed E-state index contributed by atoms with van der Waals surface area (Å²) in [6.07, 6.45) is 3.42. The maximum absolute atomic E-state index is 13.6. The molecule has 0 unspecified atom stereocenters. The monoisotopic (exact) mass is 439 g/mol. The zero-order chi connectivity index (χ0) is 23.1. The van der Waals surface area contributed by atoms with E-state index in [9.17, 15) is 4.79 Å². The highest BCUT2D eigenvalue weighted by molar-refractivity contribution is 6.74. The number of hydrogen-bond acceptors (Lipinski definition) is 3. The van der Waals surface area contributed by atoms with Gasteiger partial charge in [0.2, 0.25) is 0 Å². The van der Waals surface area contributed by atoms with Crippen LogP contribution in [0.25, 0.3) is 0 Å². The molecule has 0 radical (unpaired) electrons. The molecule has 1 aliphatic rings. The van der Waals surface area contributed by atoms with Gasteiger partial charge in [-0.25, -0.2) is 0 Å². The lowest BCUT2D eigenvalue weighted by Gasteiger charge is -2.46. The van der Waals surface area contributed by atoms with Gasteiger partial charge in [0, 0.05) is 6.54 Å². The molecule has 1 saturated heterocycles. The lowest BCUT2D eigenvalue weighted by molar-refractivity contribution is -0.135. The van der Waals surface area contributed by atoms with Gasteiger partial charge in [-0.2, -0.15) is 0 Å². The van der Waals surface area contributed by atoms with Crippen LogP contribution in [0, 0.1) is 0 Å². The smallest absolute Gasteiger partial charge is 0.254 e. The van der Waals surface area contributed by atoms with E-state index in [1.54, 1.807) is 6.08 Å². The van der Waals surface area contributed by atoms with Crippen molar-refractivity contribution < 1.29 is 13.6 Å². The number of carbonyl (C=O) groups is 1. The first-order valence-corrected chi connectivity index (χ1v) is 16.6. The Hall–Kier alpha value is -0.696. The van der Waals surface area contributed by atoms with E-state index in [0.717, 1.165) is 0 Å². The molecule has 1 heterocycles. The number of nitrogens with zero attached hydrogens (tertiary/aromatic N) is 1. The Morgan fingerprint density at radius 2 is 1.41 bits per heavy atom. The Morgan fingerprint density at radius 1 is 0.966 bits per heavy atom. The summed E-state index contributed by atoms with van der Waals surface area (Å²) < 4.78 is 13.7. The molecule has 29 heavy (non-hydrogen) atoms. The Kier molecular flexibility index (Phi) is 7.67. The molecule has 168 valence electrons. The van der Waals surface area contributed by atoms with Gasteiger partial charge in [0.05, 0.1) is 5.54 Å². The van der Waals surface area contributed by atoms with Crippen LogP contribution in [0.15, 0.2) is 25.3 Å². The molecule has 3 atom stereocenters. The minimum absolute atomic E-state index is 0.00942. The number of hydrogen-bond donors (Lipinski definition) is 0. The van der Waals surface area contributed by atoms with E-state index < -0.39 is 28.3 Å². The number of likely N-dealkylation sites (tertiary alicyclic amines) is 1. The summed E-state index contributed by atoms with van der Waals surface area (Å²) in [6, 6.07) is 0. The second-order valence-electron chi connectivity index (χ2n) is 11.7. The van der Waals surface area contributed by atoms with E-state index in [4.69, 9.17) is 8.85 Å². The van der Waals surface area contributed by atoms with Gasteiger partial charge in [0.15, 0.2) is 22.7 Å². The molecule has 0 aliphatic carbocycles. The predicted molar refractivity (Wildman–Crippen MR) is 129 cm³/mol. The highest BCUT2D eigenvalue weighted by Gasteiger charge is 2.60. The van der Waals surface area contributed by atoms with Gasteiger partial charge in [-0.3, -0.25) is 4.79 Å². The Balaban J connectivity index is 3.54. The summed E-state index contributed by atoms with van der Waals surface area (Å²) in [6.45, 7) is 32.6. The summed E-state index contributed by atoms with van der Waals surface area (Å²) in [5.74, 6) is 0.0165. The maximum Gasteiger partial charge on any atom is 0.254 e. The van der Waals surface area contributed by atoms with Gasteiger partial charge in [0.1, 0.15) is 6.10 Å². The van der Waals surface area contributed by atoms with Crippen molar-refractivity contribution in [3.63, 3.8) is 0 Å². The van der Waals surface area contributed by atoms with E-state index in [1.165, 1.54) is 0 Å². The first-order chi connectivity index (χ1) is 12.9. The van der Waals surface area contributed by atoms with Crippen molar-refractivity contribution in [3.8, 4) is 0 Å². The molecule has 4 nitrogen and oxygen atoms in total. The van der Waals surface area contributed by atoms with Crippen LogP contribution in [-0.2, 0) is 13.6 Å². The third kappa shape index (κ3) is 5.14. The standard InChI is InChI=1S/C23H45NO3Si2/c1-14-16-23(9)19(27-29(12,13)22(6,7)8)18(20(25)24(23)17-15-2)26-28(10,11)21(3,4)5/h14-15,18-19H,1-2,16-17H2,3-13H3/t18-,19-,23-/m0/s1.